The number of aldehydes is 1. The van der Waals surface area contributed by atoms with Crippen molar-refractivity contribution in [2.24, 2.45) is 5.92 Å². The van der Waals surface area contributed by atoms with Crippen LogP contribution in [0, 0.1) is 5.92 Å². The third-order valence-electron chi connectivity index (χ3n) is 1.89. The molecule has 0 radical (unpaired) electrons. The maximum Gasteiger partial charge on any atom is 0.146 e. The smallest absolute Gasteiger partial charge is 0.146 e. The van der Waals surface area contributed by atoms with Crippen molar-refractivity contribution in [2.45, 2.75) is 20.3 Å². The largest absolute Gasteiger partial charge is 0.298 e. The summed E-state index contributed by atoms with van der Waals surface area (Å²) in [6.45, 7) is 4.17. The average Bonchev–Trinajstić information content (AvgIpc) is 1.88. The fourth-order valence-corrected chi connectivity index (χ4v) is 1.23. The van der Waals surface area contributed by atoms with Crippen LogP contribution < -0.4 is 0 Å². The van der Waals surface area contributed by atoms with Crippen LogP contribution in [0.1, 0.15) is 20.3 Å². The Hall–Kier alpha value is -0.850. The highest BCUT2D eigenvalue weighted by molar-refractivity contribution is 5.75. The van der Waals surface area contributed by atoms with Crippen molar-refractivity contribution < 1.29 is 4.79 Å². The maximum absolute atomic E-state index is 10.4. The molecular weight excluding hydrogens is 124 g/mol. The number of hydrogen-bond donors (Lipinski definition) is 0. The molecule has 0 aromatic rings. The fourth-order valence-electron chi connectivity index (χ4n) is 1.23. The topological polar surface area (TPSA) is 17.1 Å². The van der Waals surface area contributed by atoms with Crippen molar-refractivity contribution in [3.63, 3.8) is 0 Å². The van der Waals surface area contributed by atoms with Crippen LogP contribution in [0.5, 0.6) is 0 Å². The molecule has 0 spiro atoms. The number of hydrogen-bond acceptors (Lipinski definition) is 1. The van der Waals surface area contributed by atoms with Gasteiger partial charge in [-0.2, -0.15) is 0 Å². The number of rotatable bonds is 1. The third kappa shape index (κ3) is 1.35. The molecule has 0 heterocycles. The molecule has 0 fully saturated rings. The lowest BCUT2D eigenvalue weighted by atomic mass is 9.90. The van der Waals surface area contributed by atoms with E-state index in [-0.39, 0.29) is 0 Å². The van der Waals surface area contributed by atoms with Gasteiger partial charge in [-0.3, -0.25) is 4.79 Å². The minimum atomic E-state index is 0.419. The van der Waals surface area contributed by atoms with Gasteiger partial charge in [0.05, 0.1) is 0 Å². The Morgan fingerprint density at radius 2 is 2.30 bits per heavy atom. The summed E-state index contributed by atoms with van der Waals surface area (Å²) in [4.78, 5) is 10.4. The second-order valence-corrected chi connectivity index (χ2v) is 2.90. The molecule has 1 nitrogen and oxygen atoms in total. The van der Waals surface area contributed by atoms with Crippen LogP contribution in [-0.2, 0) is 4.79 Å². The Balaban J connectivity index is 2.81. The standard InChI is InChI=1S/C9H12O/c1-7-3-4-9(6-10)8(2)5-7/h3-4,6,8H,5H2,1-2H3/t8-/m1/s1. The van der Waals surface area contributed by atoms with Crippen LogP contribution in [0.2, 0.25) is 0 Å². The van der Waals surface area contributed by atoms with Gasteiger partial charge in [-0.25, -0.2) is 0 Å². The summed E-state index contributed by atoms with van der Waals surface area (Å²) in [5, 5.41) is 0. The molecule has 10 heavy (non-hydrogen) atoms. The molecular formula is C9H12O. The van der Waals surface area contributed by atoms with Gasteiger partial charge >= 0.3 is 0 Å². The quantitative estimate of drug-likeness (QED) is 0.504. The van der Waals surface area contributed by atoms with E-state index in [9.17, 15) is 4.79 Å². The molecule has 0 saturated carbocycles. The molecule has 1 aliphatic carbocycles. The molecule has 0 unspecified atom stereocenters. The number of carbonyl (C=O) groups excluding carboxylic acids is 1. The lowest BCUT2D eigenvalue weighted by molar-refractivity contribution is -0.105. The van der Waals surface area contributed by atoms with Crippen molar-refractivity contribution in [1.29, 1.82) is 0 Å². The summed E-state index contributed by atoms with van der Waals surface area (Å²) in [5.74, 6) is 0.419. The lowest BCUT2D eigenvalue weighted by Gasteiger charge is -2.14. The van der Waals surface area contributed by atoms with Crippen molar-refractivity contribution >= 4 is 6.29 Å². The minimum absolute atomic E-state index is 0.419. The van der Waals surface area contributed by atoms with E-state index in [1.54, 1.807) is 0 Å². The van der Waals surface area contributed by atoms with E-state index in [0.29, 0.717) is 5.92 Å². The highest BCUT2D eigenvalue weighted by atomic mass is 16.1. The molecule has 0 aromatic carbocycles. The Morgan fingerprint density at radius 1 is 1.60 bits per heavy atom. The molecule has 0 aromatic heterocycles. The summed E-state index contributed by atoms with van der Waals surface area (Å²) in [5.41, 5.74) is 2.28. The number of carbonyl (C=O) groups is 1. The van der Waals surface area contributed by atoms with E-state index >= 15 is 0 Å². The Kier molecular flexibility index (Phi) is 2.05. The predicted molar refractivity (Wildman–Crippen MR) is 41.7 cm³/mol. The molecule has 1 atom stereocenters. The first kappa shape index (κ1) is 7.26. The van der Waals surface area contributed by atoms with Crippen LogP contribution >= 0.6 is 0 Å². The van der Waals surface area contributed by atoms with Crippen LogP contribution in [-0.4, -0.2) is 6.29 Å². The second-order valence-electron chi connectivity index (χ2n) is 2.90. The van der Waals surface area contributed by atoms with E-state index in [1.165, 1.54) is 5.57 Å². The van der Waals surface area contributed by atoms with Crippen molar-refractivity contribution in [1.82, 2.24) is 0 Å². The molecule has 1 aliphatic rings. The van der Waals surface area contributed by atoms with Crippen LogP contribution in [0.15, 0.2) is 23.3 Å². The first-order valence-electron chi connectivity index (χ1n) is 3.56. The zero-order valence-corrected chi connectivity index (χ0v) is 6.42. The highest BCUT2D eigenvalue weighted by Gasteiger charge is 2.10. The van der Waals surface area contributed by atoms with E-state index in [0.717, 1.165) is 18.3 Å². The number of allylic oxidation sites excluding steroid dienone is 4. The van der Waals surface area contributed by atoms with E-state index in [2.05, 4.69) is 13.8 Å². The van der Waals surface area contributed by atoms with Gasteiger partial charge < -0.3 is 0 Å². The summed E-state index contributed by atoms with van der Waals surface area (Å²) in [6, 6.07) is 0. The monoisotopic (exact) mass is 136 g/mol. The Morgan fingerprint density at radius 3 is 2.80 bits per heavy atom. The summed E-state index contributed by atoms with van der Waals surface area (Å²) in [7, 11) is 0. The van der Waals surface area contributed by atoms with Crippen molar-refractivity contribution in [2.75, 3.05) is 0 Å². The normalized spacial score (nSPS) is 25.2. The van der Waals surface area contributed by atoms with E-state index in [4.69, 9.17) is 0 Å². The third-order valence-corrected chi connectivity index (χ3v) is 1.89. The highest BCUT2D eigenvalue weighted by Crippen LogP contribution is 2.22. The zero-order chi connectivity index (χ0) is 7.56. The van der Waals surface area contributed by atoms with Crippen LogP contribution in [0.3, 0.4) is 0 Å². The van der Waals surface area contributed by atoms with Gasteiger partial charge in [-0.05, 0) is 24.8 Å². The molecule has 0 bridgehead atoms. The molecule has 0 amide bonds. The fraction of sp³-hybridized carbons (Fsp3) is 0.444. The molecule has 0 aliphatic heterocycles. The van der Waals surface area contributed by atoms with Crippen LogP contribution in [0.25, 0.3) is 0 Å². The lowest BCUT2D eigenvalue weighted by Crippen LogP contribution is -2.04. The molecule has 1 heteroatoms. The van der Waals surface area contributed by atoms with Crippen molar-refractivity contribution in [3.8, 4) is 0 Å². The maximum atomic E-state index is 10.4. The van der Waals surface area contributed by atoms with E-state index < -0.39 is 0 Å². The molecule has 1 rings (SSSR count). The Labute approximate surface area is 61.4 Å². The van der Waals surface area contributed by atoms with Gasteiger partial charge in [0, 0.05) is 0 Å². The van der Waals surface area contributed by atoms with Gasteiger partial charge in [0.15, 0.2) is 0 Å². The Bertz CT molecular complexity index is 199. The van der Waals surface area contributed by atoms with Gasteiger partial charge in [0.2, 0.25) is 0 Å². The first-order chi connectivity index (χ1) is 4.74. The van der Waals surface area contributed by atoms with E-state index in [1.807, 2.05) is 12.2 Å². The van der Waals surface area contributed by atoms with Crippen LogP contribution in [0.4, 0.5) is 0 Å². The molecule has 54 valence electrons. The summed E-state index contributed by atoms with van der Waals surface area (Å²) in [6.07, 6.45) is 5.92. The molecule has 0 saturated heterocycles. The average molecular weight is 136 g/mol. The van der Waals surface area contributed by atoms with Gasteiger partial charge in [-0.1, -0.05) is 24.6 Å². The van der Waals surface area contributed by atoms with Gasteiger partial charge in [-0.15, -0.1) is 0 Å². The zero-order valence-electron chi connectivity index (χ0n) is 6.42. The summed E-state index contributed by atoms with van der Waals surface area (Å²) >= 11 is 0. The van der Waals surface area contributed by atoms with Gasteiger partial charge in [0.25, 0.3) is 0 Å². The van der Waals surface area contributed by atoms with Crippen molar-refractivity contribution in [3.05, 3.63) is 23.3 Å². The van der Waals surface area contributed by atoms with Gasteiger partial charge in [0.1, 0.15) is 6.29 Å². The molecule has 0 N–H and O–H groups in total. The summed E-state index contributed by atoms with van der Waals surface area (Å²) < 4.78 is 0. The second kappa shape index (κ2) is 2.82. The predicted octanol–water partition coefficient (Wildman–Crippen LogP) is 2.10. The minimum Gasteiger partial charge on any atom is -0.298 e. The SMILES string of the molecule is CC1=CC=C(C=O)[C@H](C)C1. The first-order valence-corrected chi connectivity index (χ1v) is 3.56.